The molecule has 2 unspecified atom stereocenters. The van der Waals surface area contributed by atoms with Crippen LogP contribution < -0.4 is 4.18 Å². The molecule has 0 radical (unpaired) electrons. The standard InChI is InChI=1S/C13H10N2O4S2/c14-15-13(19-20(16)12-9-5-2-6-10-12)21(17)18-11-7-3-1-4-8-11/h1-10H. The van der Waals surface area contributed by atoms with E-state index in [2.05, 4.69) is 4.79 Å². The number of para-hydroxylation sites is 1. The second-order valence-electron chi connectivity index (χ2n) is 3.63. The Bertz CT molecular complexity index is 701. The maximum Gasteiger partial charge on any atom is 0.596 e. The number of rotatable bonds is 4. The van der Waals surface area contributed by atoms with Crippen LogP contribution in [0.5, 0.6) is 5.75 Å². The quantitative estimate of drug-likeness (QED) is 0.373. The molecule has 2 atom stereocenters. The Kier molecular flexibility index (Phi) is 5.39. The molecule has 0 saturated heterocycles. The highest BCUT2D eigenvalue weighted by Crippen LogP contribution is 2.12. The van der Waals surface area contributed by atoms with Gasteiger partial charge in [-0.1, -0.05) is 36.4 Å². The van der Waals surface area contributed by atoms with Gasteiger partial charge in [-0.05, 0) is 24.3 Å². The van der Waals surface area contributed by atoms with Crippen LogP contribution in [0.1, 0.15) is 0 Å². The predicted molar refractivity (Wildman–Crippen MR) is 77.8 cm³/mol. The summed E-state index contributed by atoms with van der Waals surface area (Å²) < 4.78 is 33.6. The second kappa shape index (κ2) is 7.49. The fourth-order valence-corrected chi connectivity index (χ4v) is 2.79. The highest BCUT2D eigenvalue weighted by molar-refractivity contribution is 7.97. The van der Waals surface area contributed by atoms with Gasteiger partial charge in [-0.3, -0.25) is 0 Å². The summed E-state index contributed by atoms with van der Waals surface area (Å²) in [6, 6.07) is 16.5. The Balaban J connectivity index is 2.05. The summed E-state index contributed by atoms with van der Waals surface area (Å²) in [5.74, 6) is 0.297. The minimum Gasteiger partial charge on any atom is -0.390 e. The average Bonchev–Trinajstić information content (AvgIpc) is 2.54. The first kappa shape index (κ1) is 15.1. The van der Waals surface area contributed by atoms with Crippen molar-refractivity contribution in [3.63, 3.8) is 0 Å². The van der Waals surface area contributed by atoms with Crippen LogP contribution in [0, 0.1) is 0 Å². The van der Waals surface area contributed by atoms with Gasteiger partial charge in [-0.2, -0.15) is 4.21 Å². The van der Waals surface area contributed by atoms with Crippen molar-refractivity contribution >= 4 is 27.4 Å². The summed E-state index contributed by atoms with van der Waals surface area (Å²) >= 11 is -4.17. The molecule has 2 aromatic carbocycles. The number of hydrogen-bond acceptors (Lipinski definition) is 4. The monoisotopic (exact) mass is 322 g/mol. The van der Waals surface area contributed by atoms with Crippen LogP contribution in [0.25, 0.3) is 5.53 Å². The summed E-state index contributed by atoms with van der Waals surface area (Å²) in [6.07, 6.45) is 0. The molecule has 108 valence electrons. The van der Waals surface area contributed by atoms with Gasteiger partial charge in [0.25, 0.3) is 0 Å². The molecule has 0 amide bonds. The van der Waals surface area contributed by atoms with E-state index in [1.807, 2.05) is 0 Å². The van der Waals surface area contributed by atoms with Gasteiger partial charge in [0.2, 0.25) is 11.1 Å². The maximum atomic E-state index is 11.9. The minimum absolute atomic E-state index is 0.297. The lowest BCUT2D eigenvalue weighted by molar-refractivity contribution is -0.0191. The molecule has 0 aromatic heterocycles. The zero-order chi connectivity index (χ0) is 15.1. The maximum absolute atomic E-state index is 11.9. The predicted octanol–water partition coefficient (Wildman–Crippen LogP) is 2.05. The van der Waals surface area contributed by atoms with Crippen molar-refractivity contribution in [2.24, 2.45) is 0 Å². The van der Waals surface area contributed by atoms with Gasteiger partial charge in [0.1, 0.15) is 5.75 Å². The van der Waals surface area contributed by atoms with Crippen LogP contribution in [-0.2, 0) is 26.3 Å². The van der Waals surface area contributed by atoms with Crippen molar-refractivity contribution in [2.75, 3.05) is 0 Å². The van der Waals surface area contributed by atoms with Crippen LogP contribution in [-0.4, -0.2) is 18.4 Å². The van der Waals surface area contributed by atoms with Crippen molar-refractivity contribution in [3.05, 3.63) is 66.2 Å². The van der Waals surface area contributed by atoms with Crippen LogP contribution in [0.4, 0.5) is 0 Å². The van der Waals surface area contributed by atoms with Crippen LogP contribution in [0.3, 0.4) is 0 Å². The lowest BCUT2D eigenvalue weighted by atomic mass is 10.3. The molecule has 0 saturated carbocycles. The molecule has 0 heterocycles. The summed E-state index contributed by atoms with van der Waals surface area (Å²) in [4.78, 5) is 3.07. The van der Waals surface area contributed by atoms with Crippen LogP contribution in [0.2, 0.25) is 0 Å². The van der Waals surface area contributed by atoms with E-state index in [1.165, 1.54) is 0 Å². The summed E-state index contributed by atoms with van der Waals surface area (Å²) in [6.45, 7) is 0. The van der Waals surface area contributed by atoms with E-state index in [0.717, 1.165) is 0 Å². The molecule has 0 aliphatic rings. The molecular formula is C13H10N2O4S2. The van der Waals surface area contributed by atoms with E-state index in [-0.39, 0.29) is 0 Å². The molecular weight excluding hydrogens is 312 g/mol. The zero-order valence-electron chi connectivity index (χ0n) is 10.6. The molecule has 0 aliphatic carbocycles. The molecule has 0 spiro atoms. The SMILES string of the molecule is [N-]=[N+]=C(OS(=O)c1ccccc1)S(=O)Oc1ccccc1. The van der Waals surface area contributed by atoms with E-state index in [1.54, 1.807) is 60.7 Å². The summed E-state index contributed by atoms with van der Waals surface area (Å²) in [5.41, 5.74) is 8.83. The van der Waals surface area contributed by atoms with Gasteiger partial charge >= 0.3 is 16.3 Å². The zero-order valence-corrected chi connectivity index (χ0v) is 12.3. The van der Waals surface area contributed by atoms with Gasteiger partial charge in [0.15, 0.2) is 0 Å². The number of nitrogens with zero attached hydrogens (tertiary/aromatic N) is 2. The molecule has 2 aromatic rings. The largest absolute Gasteiger partial charge is 0.596 e. The van der Waals surface area contributed by atoms with E-state index >= 15 is 0 Å². The van der Waals surface area contributed by atoms with Crippen molar-refractivity contribution in [1.82, 2.24) is 0 Å². The van der Waals surface area contributed by atoms with E-state index in [9.17, 15) is 8.42 Å². The van der Waals surface area contributed by atoms with Gasteiger partial charge in [0, 0.05) is 0 Å². The lowest BCUT2D eigenvalue weighted by Gasteiger charge is -2.02. The first-order valence-electron chi connectivity index (χ1n) is 5.73. The topological polar surface area (TPSA) is 89.0 Å². The lowest BCUT2D eigenvalue weighted by Crippen LogP contribution is -2.19. The molecule has 8 heteroatoms. The number of benzene rings is 2. The third-order valence-electron chi connectivity index (χ3n) is 2.22. The molecule has 21 heavy (non-hydrogen) atoms. The Labute approximate surface area is 126 Å². The summed E-state index contributed by atoms with van der Waals surface area (Å²) in [5, 5.41) is -0.680. The first-order chi connectivity index (χ1) is 10.2. The van der Waals surface area contributed by atoms with Gasteiger partial charge in [-0.25, -0.2) is 4.21 Å². The molecule has 0 aliphatic heterocycles. The van der Waals surface area contributed by atoms with Gasteiger partial charge < -0.3 is 13.9 Å². The first-order valence-corrected chi connectivity index (χ1v) is 7.88. The van der Waals surface area contributed by atoms with Crippen LogP contribution >= 0.6 is 0 Å². The van der Waals surface area contributed by atoms with E-state index < -0.39 is 27.4 Å². The van der Waals surface area contributed by atoms with Gasteiger partial charge in [-0.15, -0.1) is 4.79 Å². The smallest absolute Gasteiger partial charge is 0.390 e. The third-order valence-corrected chi connectivity index (χ3v) is 4.09. The van der Waals surface area contributed by atoms with Crippen LogP contribution in [0.15, 0.2) is 65.6 Å². The molecule has 0 bridgehead atoms. The van der Waals surface area contributed by atoms with E-state index in [0.29, 0.717) is 10.6 Å². The third kappa shape index (κ3) is 4.35. The molecule has 0 fully saturated rings. The Morgan fingerprint density at radius 2 is 1.52 bits per heavy atom. The normalized spacial score (nSPS) is 12.8. The summed E-state index contributed by atoms with van der Waals surface area (Å²) in [7, 11) is 0. The van der Waals surface area contributed by atoms with Crippen molar-refractivity contribution in [1.29, 1.82) is 0 Å². The second-order valence-corrected chi connectivity index (χ2v) is 5.72. The van der Waals surface area contributed by atoms with Crippen molar-refractivity contribution < 1.29 is 21.6 Å². The Morgan fingerprint density at radius 1 is 0.952 bits per heavy atom. The molecule has 2 rings (SSSR count). The van der Waals surface area contributed by atoms with Gasteiger partial charge in [0.05, 0.1) is 4.90 Å². The number of hydrogen-bond donors (Lipinski definition) is 0. The van der Waals surface area contributed by atoms with Crippen molar-refractivity contribution in [2.45, 2.75) is 4.90 Å². The molecule has 0 N–H and O–H groups in total. The van der Waals surface area contributed by atoms with E-state index in [4.69, 9.17) is 13.9 Å². The average molecular weight is 322 g/mol. The Hall–Kier alpha value is -2.28. The minimum atomic E-state index is -2.22. The van der Waals surface area contributed by atoms with Crippen molar-refractivity contribution in [3.8, 4) is 5.75 Å². The Morgan fingerprint density at radius 3 is 2.10 bits per heavy atom. The fourth-order valence-electron chi connectivity index (χ4n) is 1.32. The highest BCUT2D eigenvalue weighted by Gasteiger charge is 2.27. The highest BCUT2D eigenvalue weighted by atomic mass is 32.2. The fraction of sp³-hybridized carbons (Fsp3) is 0. The molecule has 6 nitrogen and oxygen atoms in total.